The highest BCUT2D eigenvalue weighted by Gasteiger charge is 2.22. The summed E-state index contributed by atoms with van der Waals surface area (Å²) in [7, 11) is 1.56. The van der Waals surface area contributed by atoms with Crippen molar-refractivity contribution in [3.8, 4) is 11.5 Å². The second-order valence-corrected chi connectivity index (χ2v) is 3.81. The standard InChI is InChI=1S/C13H14N2O4/c1-3-19-11-7-8(4-5-10(11)18-2)6-9-12(16)15-13(17)14-9/h4-7H,3H2,1-2H3,(H2,14,15,16,17). The van der Waals surface area contributed by atoms with Gasteiger partial charge in [-0.05, 0) is 30.7 Å². The lowest BCUT2D eigenvalue weighted by molar-refractivity contribution is -0.115. The summed E-state index contributed by atoms with van der Waals surface area (Å²) in [6, 6.07) is 4.74. The molecule has 6 nitrogen and oxygen atoms in total. The molecular formula is C13H14N2O4. The number of rotatable bonds is 4. The van der Waals surface area contributed by atoms with Crippen LogP contribution in [0.5, 0.6) is 11.5 Å². The van der Waals surface area contributed by atoms with Crippen molar-refractivity contribution in [3.05, 3.63) is 29.5 Å². The summed E-state index contributed by atoms with van der Waals surface area (Å²) < 4.78 is 10.6. The summed E-state index contributed by atoms with van der Waals surface area (Å²) in [5.74, 6) is 0.756. The Labute approximate surface area is 110 Å². The topological polar surface area (TPSA) is 76.7 Å². The summed E-state index contributed by atoms with van der Waals surface area (Å²) in [6.45, 7) is 2.38. The molecule has 1 aliphatic heterocycles. The Morgan fingerprint density at radius 2 is 2.00 bits per heavy atom. The zero-order valence-electron chi connectivity index (χ0n) is 10.6. The van der Waals surface area contributed by atoms with Gasteiger partial charge in [-0.3, -0.25) is 10.1 Å². The molecular weight excluding hydrogens is 248 g/mol. The van der Waals surface area contributed by atoms with Gasteiger partial charge in [0, 0.05) is 0 Å². The van der Waals surface area contributed by atoms with Crippen molar-refractivity contribution < 1.29 is 19.1 Å². The van der Waals surface area contributed by atoms with Crippen molar-refractivity contribution >= 4 is 18.0 Å². The predicted octanol–water partition coefficient (Wildman–Crippen LogP) is 1.27. The van der Waals surface area contributed by atoms with Gasteiger partial charge in [0.1, 0.15) is 5.70 Å². The predicted molar refractivity (Wildman–Crippen MR) is 68.8 cm³/mol. The minimum atomic E-state index is -0.519. The molecule has 2 N–H and O–H groups in total. The zero-order valence-corrected chi connectivity index (χ0v) is 10.6. The lowest BCUT2D eigenvalue weighted by Crippen LogP contribution is -2.22. The van der Waals surface area contributed by atoms with Crippen LogP contribution in [0.25, 0.3) is 6.08 Å². The fourth-order valence-corrected chi connectivity index (χ4v) is 1.70. The van der Waals surface area contributed by atoms with Crippen LogP contribution in [0, 0.1) is 0 Å². The highest BCUT2D eigenvalue weighted by molar-refractivity contribution is 6.13. The molecule has 3 amide bonds. The maximum atomic E-state index is 11.4. The molecule has 1 aromatic rings. The minimum Gasteiger partial charge on any atom is -0.493 e. The van der Waals surface area contributed by atoms with Gasteiger partial charge in [-0.2, -0.15) is 0 Å². The van der Waals surface area contributed by atoms with Crippen molar-refractivity contribution in [2.75, 3.05) is 13.7 Å². The number of imide groups is 1. The molecule has 0 radical (unpaired) electrons. The highest BCUT2D eigenvalue weighted by atomic mass is 16.5. The zero-order chi connectivity index (χ0) is 13.8. The van der Waals surface area contributed by atoms with Crippen LogP contribution in [0.4, 0.5) is 4.79 Å². The van der Waals surface area contributed by atoms with Crippen molar-refractivity contribution in [1.82, 2.24) is 10.6 Å². The van der Waals surface area contributed by atoms with Crippen LogP contribution >= 0.6 is 0 Å². The first-order valence-electron chi connectivity index (χ1n) is 5.79. The van der Waals surface area contributed by atoms with Crippen LogP contribution in [0.15, 0.2) is 23.9 Å². The van der Waals surface area contributed by atoms with Gasteiger partial charge in [0.05, 0.1) is 13.7 Å². The Bertz CT molecular complexity index is 552. The molecule has 1 saturated heterocycles. The quantitative estimate of drug-likeness (QED) is 0.633. The first-order valence-corrected chi connectivity index (χ1v) is 5.79. The first kappa shape index (κ1) is 12.9. The molecule has 0 bridgehead atoms. The monoisotopic (exact) mass is 262 g/mol. The molecule has 0 saturated carbocycles. The van der Waals surface area contributed by atoms with Crippen molar-refractivity contribution in [2.45, 2.75) is 6.92 Å². The van der Waals surface area contributed by atoms with E-state index in [0.717, 1.165) is 5.56 Å². The third-order valence-corrected chi connectivity index (χ3v) is 2.52. The number of nitrogens with one attached hydrogen (secondary N) is 2. The molecule has 1 aromatic carbocycles. The second-order valence-electron chi connectivity index (χ2n) is 3.81. The molecule has 100 valence electrons. The summed E-state index contributed by atoms with van der Waals surface area (Å²) >= 11 is 0. The van der Waals surface area contributed by atoms with Gasteiger partial charge in [0.2, 0.25) is 0 Å². The van der Waals surface area contributed by atoms with E-state index in [1.165, 1.54) is 0 Å². The molecule has 0 aromatic heterocycles. The summed E-state index contributed by atoms with van der Waals surface area (Å²) in [5, 5.41) is 4.56. The Morgan fingerprint density at radius 3 is 2.58 bits per heavy atom. The maximum Gasteiger partial charge on any atom is 0.326 e. The molecule has 0 unspecified atom stereocenters. The van der Waals surface area contributed by atoms with Gasteiger partial charge in [0.25, 0.3) is 5.91 Å². The highest BCUT2D eigenvalue weighted by Crippen LogP contribution is 2.28. The molecule has 6 heteroatoms. The fraction of sp³-hybridized carbons (Fsp3) is 0.231. The number of hydrogen-bond acceptors (Lipinski definition) is 4. The summed E-state index contributed by atoms with van der Waals surface area (Å²) in [5.41, 5.74) is 0.939. The van der Waals surface area contributed by atoms with Gasteiger partial charge in [0.15, 0.2) is 11.5 Å². The van der Waals surface area contributed by atoms with Gasteiger partial charge >= 0.3 is 6.03 Å². The van der Waals surface area contributed by atoms with Crippen LogP contribution in [0.1, 0.15) is 12.5 Å². The average Bonchev–Trinajstić information content (AvgIpc) is 2.69. The number of amides is 3. The summed E-state index contributed by atoms with van der Waals surface area (Å²) in [4.78, 5) is 22.4. The average molecular weight is 262 g/mol. The Balaban J connectivity index is 2.31. The SMILES string of the molecule is CCOc1cc(C=C2NC(=O)NC2=O)ccc1OC. The second kappa shape index (κ2) is 5.43. The molecule has 2 rings (SSSR count). The van der Waals surface area contributed by atoms with Crippen molar-refractivity contribution in [2.24, 2.45) is 0 Å². The fourth-order valence-electron chi connectivity index (χ4n) is 1.70. The van der Waals surface area contributed by atoms with E-state index in [9.17, 15) is 9.59 Å². The van der Waals surface area contributed by atoms with Crippen molar-refractivity contribution in [3.63, 3.8) is 0 Å². The minimum absolute atomic E-state index is 0.206. The van der Waals surface area contributed by atoms with E-state index >= 15 is 0 Å². The van der Waals surface area contributed by atoms with E-state index in [4.69, 9.17) is 9.47 Å². The van der Waals surface area contributed by atoms with Crippen LogP contribution < -0.4 is 20.1 Å². The van der Waals surface area contributed by atoms with E-state index in [1.54, 1.807) is 31.4 Å². The number of carbonyl (C=O) groups is 2. The largest absolute Gasteiger partial charge is 0.493 e. The van der Waals surface area contributed by atoms with Crippen LogP contribution in [0.3, 0.4) is 0 Å². The Kier molecular flexibility index (Phi) is 3.70. The van der Waals surface area contributed by atoms with Gasteiger partial charge in [-0.15, -0.1) is 0 Å². The van der Waals surface area contributed by atoms with Gasteiger partial charge < -0.3 is 14.8 Å². The summed E-state index contributed by atoms with van der Waals surface area (Å²) in [6.07, 6.45) is 1.57. The Hall–Kier alpha value is -2.50. The third kappa shape index (κ3) is 2.85. The van der Waals surface area contributed by atoms with Crippen LogP contribution in [-0.2, 0) is 4.79 Å². The normalized spacial score (nSPS) is 16.2. The van der Waals surface area contributed by atoms with E-state index in [0.29, 0.717) is 18.1 Å². The molecule has 0 spiro atoms. The van der Waals surface area contributed by atoms with E-state index in [2.05, 4.69) is 10.6 Å². The molecule has 19 heavy (non-hydrogen) atoms. The van der Waals surface area contributed by atoms with E-state index < -0.39 is 11.9 Å². The van der Waals surface area contributed by atoms with E-state index in [-0.39, 0.29) is 5.70 Å². The van der Waals surface area contributed by atoms with Gasteiger partial charge in [-0.1, -0.05) is 6.07 Å². The number of benzene rings is 1. The van der Waals surface area contributed by atoms with E-state index in [1.807, 2.05) is 6.92 Å². The van der Waals surface area contributed by atoms with Crippen molar-refractivity contribution in [1.29, 1.82) is 0 Å². The lowest BCUT2D eigenvalue weighted by atomic mass is 10.1. The molecule has 1 fully saturated rings. The number of ether oxygens (including phenoxy) is 2. The van der Waals surface area contributed by atoms with Crippen LogP contribution in [0.2, 0.25) is 0 Å². The number of methoxy groups -OCH3 is 1. The number of carbonyl (C=O) groups excluding carboxylic acids is 2. The van der Waals surface area contributed by atoms with Crippen LogP contribution in [-0.4, -0.2) is 25.7 Å². The molecule has 1 aliphatic rings. The first-order chi connectivity index (χ1) is 9.13. The number of urea groups is 1. The molecule has 1 heterocycles. The van der Waals surface area contributed by atoms with Gasteiger partial charge in [-0.25, -0.2) is 4.79 Å². The Morgan fingerprint density at radius 1 is 1.21 bits per heavy atom. The third-order valence-electron chi connectivity index (χ3n) is 2.52. The lowest BCUT2D eigenvalue weighted by Gasteiger charge is -2.09. The number of hydrogen-bond donors (Lipinski definition) is 2. The maximum absolute atomic E-state index is 11.4. The molecule has 0 aliphatic carbocycles. The molecule has 0 atom stereocenters. The smallest absolute Gasteiger partial charge is 0.326 e.